The first kappa shape index (κ1) is 14.6. The van der Waals surface area contributed by atoms with Gasteiger partial charge < -0.3 is 9.47 Å². The van der Waals surface area contributed by atoms with E-state index in [0.29, 0.717) is 22.9 Å². The molecule has 1 amide bonds. The van der Waals surface area contributed by atoms with Gasteiger partial charge in [0, 0.05) is 4.47 Å². The van der Waals surface area contributed by atoms with E-state index in [1.54, 1.807) is 7.11 Å². The molecule has 0 aliphatic carbocycles. The fourth-order valence-corrected chi connectivity index (χ4v) is 2.58. The lowest BCUT2D eigenvalue weighted by Crippen LogP contribution is -2.37. The van der Waals surface area contributed by atoms with Gasteiger partial charge in [0.2, 0.25) is 5.90 Å². The molecule has 6 heteroatoms. The van der Waals surface area contributed by atoms with Crippen LogP contribution in [-0.4, -0.2) is 25.5 Å². The van der Waals surface area contributed by atoms with Gasteiger partial charge in [0.05, 0.1) is 18.4 Å². The molecule has 2 aromatic rings. The molecule has 3 rings (SSSR count). The normalized spacial score (nSPS) is 14.4. The average Bonchev–Trinajstić information content (AvgIpc) is 2.56. The number of rotatable bonds is 3. The highest BCUT2D eigenvalue weighted by molar-refractivity contribution is 9.10. The number of hydrogen-bond donors (Lipinski definition) is 0. The van der Waals surface area contributed by atoms with Gasteiger partial charge in [-0.3, -0.25) is 4.79 Å². The maximum absolute atomic E-state index is 12.1. The van der Waals surface area contributed by atoms with E-state index in [-0.39, 0.29) is 12.5 Å². The molecule has 0 bridgehead atoms. The molecular formula is C16H13BrN2O3. The number of amides is 1. The molecular weight excluding hydrogens is 348 g/mol. The highest BCUT2D eigenvalue weighted by Crippen LogP contribution is 2.29. The fraction of sp³-hybridized carbons (Fsp3) is 0.125. The molecule has 22 heavy (non-hydrogen) atoms. The molecule has 0 unspecified atom stereocenters. The summed E-state index contributed by atoms with van der Waals surface area (Å²) in [6.07, 6.45) is 0. The summed E-state index contributed by atoms with van der Waals surface area (Å²) in [4.78, 5) is 12.1. The quantitative estimate of drug-likeness (QED) is 0.844. The van der Waals surface area contributed by atoms with E-state index < -0.39 is 0 Å². The third-order valence-electron chi connectivity index (χ3n) is 3.18. The van der Waals surface area contributed by atoms with Crippen molar-refractivity contribution in [1.29, 1.82) is 0 Å². The van der Waals surface area contributed by atoms with Crippen molar-refractivity contribution < 1.29 is 14.3 Å². The molecule has 0 aromatic heterocycles. The number of anilines is 1. The lowest BCUT2D eigenvalue weighted by molar-refractivity contribution is -0.121. The Morgan fingerprint density at radius 1 is 1.18 bits per heavy atom. The maximum atomic E-state index is 12.1. The van der Waals surface area contributed by atoms with Gasteiger partial charge >= 0.3 is 0 Å². The average molecular weight is 361 g/mol. The second-order valence-corrected chi connectivity index (χ2v) is 5.41. The first-order valence-electron chi connectivity index (χ1n) is 6.63. The lowest BCUT2D eigenvalue weighted by Gasteiger charge is -2.25. The summed E-state index contributed by atoms with van der Waals surface area (Å²) in [5.41, 5.74) is 1.37. The Kier molecular flexibility index (Phi) is 4.11. The minimum absolute atomic E-state index is 0.0712. The summed E-state index contributed by atoms with van der Waals surface area (Å²) < 4.78 is 11.6. The van der Waals surface area contributed by atoms with Gasteiger partial charge in [-0.25, -0.2) is 0 Å². The van der Waals surface area contributed by atoms with Crippen LogP contribution in [0.2, 0.25) is 0 Å². The molecule has 0 N–H and O–H groups in total. The third kappa shape index (κ3) is 2.69. The van der Waals surface area contributed by atoms with E-state index in [1.807, 2.05) is 48.5 Å². The van der Waals surface area contributed by atoms with Crippen LogP contribution in [-0.2, 0) is 9.53 Å². The zero-order valence-electron chi connectivity index (χ0n) is 11.8. The number of hydrogen-bond acceptors (Lipinski definition) is 4. The van der Waals surface area contributed by atoms with Gasteiger partial charge in [-0.1, -0.05) is 24.3 Å². The number of benzene rings is 2. The molecule has 0 atom stereocenters. The van der Waals surface area contributed by atoms with E-state index >= 15 is 0 Å². The summed E-state index contributed by atoms with van der Waals surface area (Å²) in [5.74, 6) is 0.765. The molecule has 0 radical (unpaired) electrons. The summed E-state index contributed by atoms with van der Waals surface area (Å²) >= 11 is 3.43. The number of ether oxygens (including phenoxy) is 2. The van der Waals surface area contributed by atoms with Gasteiger partial charge in [0.1, 0.15) is 5.75 Å². The van der Waals surface area contributed by atoms with Crippen LogP contribution in [0.5, 0.6) is 5.75 Å². The maximum Gasteiger partial charge on any atom is 0.285 e. The molecule has 0 saturated heterocycles. The zero-order valence-corrected chi connectivity index (χ0v) is 13.4. The van der Waals surface area contributed by atoms with E-state index in [0.717, 1.165) is 4.47 Å². The first-order valence-corrected chi connectivity index (χ1v) is 7.42. The molecule has 1 aliphatic rings. The van der Waals surface area contributed by atoms with Crippen LogP contribution < -0.4 is 9.75 Å². The number of carbonyl (C=O) groups excluding carboxylic acids is 1. The number of methoxy groups -OCH3 is 1. The summed E-state index contributed by atoms with van der Waals surface area (Å²) in [6, 6.07) is 14.8. The number of para-hydroxylation sites is 2. The summed E-state index contributed by atoms with van der Waals surface area (Å²) in [7, 11) is 1.58. The second kappa shape index (κ2) is 6.19. The van der Waals surface area contributed by atoms with Crippen LogP contribution in [0.1, 0.15) is 5.56 Å². The molecule has 2 aromatic carbocycles. The Bertz CT molecular complexity index is 746. The second-order valence-electron chi connectivity index (χ2n) is 4.55. The van der Waals surface area contributed by atoms with Gasteiger partial charge in [0.15, 0.2) is 6.61 Å². The molecule has 1 heterocycles. The molecule has 0 fully saturated rings. The minimum Gasteiger partial charge on any atom is -0.496 e. The predicted octanol–water partition coefficient (Wildman–Crippen LogP) is 3.18. The van der Waals surface area contributed by atoms with Crippen molar-refractivity contribution in [2.24, 2.45) is 5.10 Å². The van der Waals surface area contributed by atoms with E-state index in [1.165, 1.54) is 5.01 Å². The summed E-state index contributed by atoms with van der Waals surface area (Å²) in [5, 5.41) is 5.68. The van der Waals surface area contributed by atoms with Gasteiger partial charge in [-0.2, -0.15) is 5.01 Å². The van der Waals surface area contributed by atoms with Crippen molar-refractivity contribution in [1.82, 2.24) is 0 Å². The topological polar surface area (TPSA) is 51.1 Å². The molecule has 1 aliphatic heterocycles. The Morgan fingerprint density at radius 3 is 2.68 bits per heavy atom. The first-order chi connectivity index (χ1) is 10.7. The van der Waals surface area contributed by atoms with Gasteiger partial charge in [-0.05, 0) is 40.2 Å². The summed E-state index contributed by atoms with van der Waals surface area (Å²) in [6.45, 7) is -0.0712. The van der Waals surface area contributed by atoms with Crippen molar-refractivity contribution in [3.8, 4) is 5.75 Å². The van der Waals surface area contributed by atoms with Crippen molar-refractivity contribution in [3.63, 3.8) is 0 Å². The van der Waals surface area contributed by atoms with Crippen molar-refractivity contribution >= 4 is 33.4 Å². The van der Waals surface area contributed by atoms with Crippen LogP contribution in [0.3, 0.4) is 0 Å². The van der Waals surface area contributed by atoms with Crippen molar-refractivity contribution in [2.75, 3.05) is 18.7 Å². The number of carbonyl (C=O) groups is 1. The number of nitrogens with zero attached hydrogens (tertiary/aromatic N) is 2. The molecule has 112 valence electrons. The predicted molar refractivity (Wildman–Crippen MR) is 87.1 cm³/mol. The minimum atomic E-state index is -0.231. The van der Waals surface area contributed by atoms with Gasteiger partial charge in [-0.15, -0.1) is 5.10 Å². The molecule has 0 saturated carbocycles. The Labute approximate surface area is 136 Å². The van der Waals surface area contributed by atoms with Crippen LogP contribution in [0.15, 0.2) is 58.1 Å². The van der Waals surface area contributed by atoms with E-state index in [9.17, 15) is 4.79 Å². The monoisotopic (exact) mass is 360 g/mol. The number of hydrazone groups is 1. The Balaban J connectivity index is 2.05. The Morgan fingerprint density at radius 2 is 1.91 bits per heavy atom. The zero-order chi connectivity index (χ0) is 15.5. The van der Waals surface area contributed by atoms with Crippen molar-refractivity contribution in [3.05, 3.63) is 58.6 Å². The highest BCUT2D eigenvalue weighted by atomic mass is 79.9. The van der Waals surface area contributed by atoms with Crippen molar-refractivity contribution in [2.45, 2.75) is 0 Å². The largest absolute Gasteiger partial charge is 0.496 e. The van der Waals surface area contributed by atoms with Crippen LogP contribution in [0.4, 0.5) is 5.69 Å². The van der Waals surface area contributed by atoms with E-state index in [4.69, 9.17) is 9.47 Å². The Hall–Kier alpha value is -2.34. The smallest absolute Gasteiger partial charge is 0.285 e. The lowest BCUT2D eigenvalue weighted by atomic mass is 10.2. The van der Waals surface area contributed by atoms with Crippen LogP contribution >= 0.6 is 15.9 Å². The van der Waals surface area contributed by atoms with Crippen LogP contribution in [0.25, 0.3) is 0 Å². The number of halogens is 1. The third-order valence-corrected chi connectivity index (χ3v) is 3.85. The highest BCUT2D eigenvalue weighted by Gasteiger charge is 2.26. The molecule has 5 nitrogen and oxygen atoms in total. The molecule has 0 spiro atoms. The van der Waals surface area contributed by atoms with E-state index in [2.05, 4.69) is 21.0 Å². The standard InChI is InChI=1S/C16H13BrN2O3/c1-21-14-9-5-2-6-11(14)16-18-19(15(20)10-22-16)13-8-4-3-7-12(13)17/h2-9H,10H2,1H3. The van der Waals surface area contributed by atoms with Gasteiger partial charge in [0.25, 0.3) is 5.91 Å². The fourth-order valence-electron chi connectivity index (χ4n) is 2.13. The SMILES string of the molecule is COc1ccccc1C1=NN(c2ccccc2Br)C(=O)CO1. The van der Waals surface area contributed by atoms with Crippen LogP contribution in [0, 0.1) is 0 Å².